The average Bonchev–Trinajstić information content (AvgIpc) is 2.30. The van der Waals surface area contributed by atoms with Crippen LogP contribution in [0.15, 0.2) is 41.3 Å². The fraction of sp³-hybridized carbons (Fsp3) is 0.385. The van der Waals surface area contributed by atoms with Crippen molar-refractivity contribution in [3.63, 3.8) is 0 Å². The summed E-state index contributed by atoms with van der Waals surface area (Å²) in [5.74, 6) is 0. The third-order valence-electron chi connectivity index (χ3n) is 2.79. The summed E-state index contributed by atoms with van der Waals surface area (Å²) in [4.78, 5) is 0.234. The van der Waals surface area contributed by atoms with Crippen LogP contribution in [-0.2, 0) is 14.3 Å². The molecule has 17 heavy (non-hydrogen) atoms. The number of aryl methyl sites for hydroxylation is 1. The first-order valence-electron chi connectivity index (χ1n) is 5.73. The van der Waals surface area contributed by atoms with Gasteiger partial charge < -0.3 is 0 Å². The van der Waals surface area contributed by atoms with Gasteiger partial charge in [-0.05, 0) is 38.3 Å². The molecule has 4 heteroatoms. The molecule has 0 amide bonds. The van der Waals surface area contributed by atoms with E-state index in [1.165, 1.54) is 0 Å². The van der Waals surface area contributed by atoms with Crippen LogP contribution >= 0.6 is 0 Å². The van der Waals surface area contributed by atoms with Crippen molar-refractivity contribution in [1.29, 1.82) is 0 Å². The number of hydrogen-bond donors (Lipinski definition) is 0. The van der Waals surface area contributed by atoms with Crippen molar-refractivity contribution in [3.05, 3.63) is 42.0 Å². The molecule has 0 heterocycles. The van der Waals surface area contributed by atoms with E-state index in [9.17, 15) is 8.42 Å². The van der Waals surface area contributed by atoms with E-state index in [4.69, 9.17) is 4.18 Å². The van der Waals surface area contributed by atoms with E-state index in [0.717, 1.165) is 18.4 Å². The van der Waals surface area contributed by atoms with Crippen LogP contribution in [0.1, 0.15) is 24.8 Å². The molecule has 1 atom stereocenters. The molecule has 0 N–H and O–H groups in total. The molecule has 1 unspecified atom stereocenters. The summed E-state index contributed by atoms with van der Waals surface area (Å²) in [5.41, 5.74) is 1.03. The molecule has 0 aliphatic heterocycles. The Hall–Kier alpha value is -1.13. The lowest BCUT2D eigenvalue weighted by atomic mass is 10.1. The maximum atomic E-state index is 12.0. The van der Waals surface area contributed by atoms with Gasteiger partial charge >= 0.3 is 0 Å². The van der Waals surface area contributed by atoms with Gasteiger partial charge in [-0.25, -0.2) is 0 Å². The molecule has 3 nitrogen and oxygen atoms in total. The molecule has 0 saturated carbocycles. The van der Waals surface area contributed by atoms with Crippen LogP contribution in [0.4, 0.5) is 0 Å². The number of allylic oxidation sites excluding steroid dienone is 1. The van der Waals surface area contributed by atoms with Crippen LogP contribution in [0, 0.1) is 6.92 Å². The maximum absolute atomic E-state index is 12.0. The Balaban J connectivity index is 2.13. The predicted octanol–water partition coefficient (Wildman–Crippen LogP) is 2.81. The molecule has 92 valence electrons. The molecule has 0 radical (unpaired) electrons. The van der Waals surface area contributed by atoms with Crippen LogP contribution in [0.5, 0.6) is 0 Å². The Bertz CT molecular complexity index is 500. The normalized spacial score (nSPS) is 20.4. The lowest BCUT2D eigenvalue weighted by molar-refractivity contribution is 0.198. The highest BCUT2D eigenvalue weighted by molar-refractivity contribution is 7.86. The standard InChI is InChI=1S/C13H16O3S/c1-11-7-9-13(10-8-11)17(14,15)16-12-5-3-2-4-6-12/h2-3,7-10,12H,4-6H2,1H3. The topological polar surface area (TPSA) is 43.4 Å². The summed E-state index contributed by atoms with van der Waals surface area (Å²) in [6.45, 7) is 1.92. The molecule has 1 aliphatic carbocycles. The van der Waals surface area contributed by atoms with Crippen LogP contribution < -0.4 is 0 Å². The predicted molar refractivity (Wildman–Crippen MR) is 66.2 cm³/mol. The van der Waals surface area contributed by atoms with Gasteiger partial charge in [0.25, 0.3) is 10.1 Å². The first-order valence-corrected chi connectivity index (χ1v) is 7.14. The van der Waals surface area contributed by atoms with Crippen molar-refractivity contribution in [2.24, 2.45) is 0 Å². The van der Waals surface area contributed by atoms with Gasteiger partial charge in [0, 0.05) is 0 Å². The Morgan fingerprint density at radius 3 is 2.47 bits per heavy atom. The Labute approximate surface area is 102 Å². The molecule has 0 bridgehead atoms. The molecule has 0 aromatic heterocycles. The number of hydrogen-bond acceptors (Lipinski definition) is 3. The van der Waals surface area contributed by atoms with Gasteiger partial charge in [-0.3, -0.25) is 4.18 Å². The summed E-state index contributed by atoms with van der Waals surface area (Å²) in [5, 5.41) is 0. The first-order chi connectivity index (χ1) is 8.08. The maximum Gasteiger partial charge on any atom is 0.297 e. The molecule has 0 fully saturated rings. The first kappa shape index (κ1) is 12.3. The summed E-state index contributed by atoms with van der Waals surface area (Å²) >= 11 is 0. The van der Waals surface area contributed by atoms with Gasteiger partial charge in [0.15, 0.2) is 0 Å². The second-order valence-electron chi connectivity index (χ2n) is 4.27. The monoisotopic (exact) mass is 252 g/mol. The van der Waals surface area contributed by atoms with Crippen LogP contribution in [0.2, 0.25) is 0 Å². The third kappa shape index (κ3) is 3.17. The van der Waals surface area contributed by atoms with Crippen molar-refractivity contribution in [3.8, 4) is 0 Å². The van der Waals surface area contributed by atoms with Crippen molar-refractivity contribution >= 4 is 10.1 Å². The van der Waals surface area contributed by atoms with E-state index in [-0.39, 0.29) is 11.0 Å². The summed E-state index contributed by atoms with van der Waals surface area (Å²) < 4.78 is 29.2. The molecule has 2 rings (SSSR count). The number of benzene rings is 1. The van der Waals surface area contributed by atoms with Gasteiger partial charge in [-0.2, -0.15) is 8.42 Å². The summed E-state index contributed by atoms with van der Waals surface area (Å²) in [7, 11) is -3.61. The van der Waals surface area contributed by atoms with E-state index in [2.05, 4.69) is 6.08 Å². The van der Waals surface area contributed by atoms with Crippen LogP contribution in [0.3, 0.4) is 0 Å². The zero-order valence-electron chi connectivity index (χ0n) is 9.80. The smallest absolute Gasteiger partial charge is 0.263 e. The second-order valence-corrected chi connectivity index (χ2v) is 5.84. The van der Waals surface area contributed by atoms with Gasteiger partial charge in [0.2, 0.25) is 0 Å². The highest BCUT2D eigenvalue weighted by Crippen LogP contribution is 2.21. The van der Waals surface area contributed by atoms with Crippen LogP contribution in [-0.4, -0.2) is 14.5 Å². The Morgan fingerprint density at radius 1 is 1.18 bits per heavy atom. The fourth-order valence-corrected chi connectivity index (χ4v) is 2.91. The molecule has 1 aromatic rings. The zero-order valence-corrected chi connectivity index (χ0v) is 10.6. The quantitative estimate of drug-likeness (QED) is 0.613. The molecule has 0 spiro atoms. The van der Waals surface area contributed by atoms with Gasteiger partial charge in [0.1, 0.15) is 0 Å². The molecule has 1 aromatic carbocycles. The minimum atomic E-state index is -3.61. The highest BCUT2D eigenvalue weighted by Gasteiger charge is 2.21. The molecular weight excluding hydrogens is 236 g/mol. The van der Waals surface area contributed by atoms with E-state index < -0.39 is 10.1 Å². The minimum Gasteiger partial charge on any atom is -0.263 e. The lowest BCUT2D eigenvalue weighted by Crippen LogP contribution is -2.19. The molecule has 0 saturated heterocycles. The van der Waals surface area contributed by atoms with E-state index in [1.807, 2.05) is 13.0 Å². The van der Waals surface area contributed by atoms with Gasteiger partial charge in [-0.15, -0.1) is 0 Å². The van der Waals surface area contributed by atoms with E-state index >= 15 is 0 Å². The van der Waals surface area contributed by atoms with E-state index in [1.54, 1.807) is 24.3 Å². The van der Waals surface area contributed by atoms with Crippen LogP contribution in [0.25, 0.3) is 0 Å². The highest BCUT2D eigenvalue weighted by atomic mass is 32.2. The average molecular weight is 252 g/mol. The number of rotatable bonds is 3. The van der Waals surface area contributed by atoms with Gasteiger partial charge in [0.05, 0.1) is 11.0 Å². The van der Waals surface area contributed by atoms with Crippen molar-refractivity contribution < 1.29 is 12.6 Å². The van der Waals surface area contributed by atoms with E-state index in [0.29, 0.717) is 6.42 Å². The lowest BCUT2D eigenvalue weighted by Gasteiger charge is -2.18. The fourth-order valence-electron chi connectivity index (χ4n) is 1.79. The van der Waals surface area contributed by atoms with Crippen molar-refractivity contribution in [1.82, 2.24) is 0 Å². The van der Waals surface area contributed by atoms with Gasteiger partial charge in [-0.1, -0.05) is 29.8 Å². The SMILES string of the molecule is Cc1ccc(S(=O)(=O)OC2CC=CCC2)cc1. The van der Waals surface area contributed by atoms with Crippen molar-refractivity contribution in [2.45, 2.75) is 37.2 Å². The largest absolute Gasteiger partial charge is 0.297 e. The third-order valence-corrected chi connectivity index (χ3v) is 4.17. The minimum absolute atomic E-state index is 0.216. The Morgan fingerprint density at radius 2 is 1.88 bits per heavy atom. The van der Waals surface area contributed by atoms with Crippen molar-refractivity contribution in [2.75, 3.05) is 0 Å². The molecular formula is C13H16O3S. The summed E-state index contributed by atoms with van der Waals surface area (Å²) in [6.07, 6.45) is 6.13. The Kier molecular flexibility index (Phi) is 3.64. The summed E-state index contributed by atoms with van der Waals surface area (Å²) in [6, 6.07) is 6.72. The zero-order chi connectivity index (χ0) is 12.3. The molecule has 1 aliphatic rings. The second kappa shape index (κ2) is 5.02.